The van der Waals surface area contributed by atoms with Gasteiger partial charge in [0.2, 0.25) is 5.95 Å². The van der Waals surface area contributed by atoms with E-state index in [4.69, 9.17) is 5.73 Å². The van der Waals surface area contributed by atoms with E-state index in [0.717, 1.165) is 6.54 Å². The number of nitrogens with two attached hydrogens (primary N) is 1. The van der Waals surface area contributed by atoms with Gasteiger partial charge in [-0.3, -0.25) is 0 Å². The SMILES string of the molecule is CCNc1cc(NC2CCS(=O)(=O)C2)nc(N)n1. The molecule has 0 aromatic carbocycles. The minimum absolute atomic E-state index is 0.0984. The molecule has 0 amide bonds. The summed E-state index contributed by atoms with van der Waals surface area (Å²) in [6.07, 6.45) is 0.600. The maximum Gasteiger partial charge on any atom is 0.223 e. The van der Waals surface area contributed by atoms with Crippen LogP contribution in [0, 0.1) is 0 Å². The predicted molar refractivity (Wildman–Crippen MR) is 71.3 cm³/mol. The highest BCUT2D eigenvalue weighted by atomic mass is 32.2. The summed E-state index contributed by atoms with van der Waals surface area (Å²) in [6.45, 7) is 2.68. The van der Waals surface area contributed by atoms with Gasteiger partial charge in [0.05, 0.1) is 11.5 Å². The first-order valence-electron chi connectivity index (χ1n) is 5.84. The number of nitrogens with zero attached hydrogens (tertiary/aromatic N) is 2. The van der Waals surface area contributed by atoms with Crippen LogP contribution < -0.4 is 16.4 Å². The molecule has 8 heteroatoms. The van der Waals surface area contributed by atoms with Gasteiger partial charge in [-0.25, -0.2) is 8.42 Å². The largest absolute Gasteiger partial charge is 0.370 e. The van der Waals surface area contributed by atoms with Gasteiger partial charge in [-0.2, -0.15) is 9.97 Å². The highest BCUT2D eigenvalue weighted by Gasteiger charge is 2.28. The number of nitrogens with one attached hydrogen (secondary N) is 2. The molecule has 18 heavy (non-hydrogen) atoms. The van der Waals surface area contributed by atoms with Gasteiger partial charge in [0.1, 0.15) is 11.6 Å². The van der Waals surface area contributed by atoms with Crippen LogP contribution in [0.4, 0.5) is 17.6 Å². The summed E-state index contributed by atoms with van der Waals surface area (Å²) in [7, 11) is -2.90. The van der Waals surface area contributed by atoms with E-state index < -0.39 is 9.84 Å². The fraction of sp³-hybridized carbons (Fsp3) is 0.600. The van der Waals surface area contributed by atoms with E-state index in [0.29, 0.717) is 18.1 Å². The molecule has 0 spiro atoms. The van der Waals surface area contributed by atoms with Gasteiger partial charge in [0, 0.05) is 18.7 Å². The molecular weight excluding hydrogens is 254 g/mol. The average molecular weight is 271 g/mol. The highest BCUT2D eigenvalue weighted by molar-refractivity contribution is 7.91. The lowest BCUT2D eigenvalue weighted by atomic mass is 10.2. The van der Waals surface area contributed by atoms with Crippen LogP contribution in [0.15, 0.2) is 6.07 Å². The molecule has 2 rings (SSSR count). The molecule has 0 radical (unpaired) electrons. The molecule has 0 bridgehead atoms. The molecule has 0 aliphatic carbocycles. The van der Waals surface area contributed by atoms with Crippen LogP contribution in [-0.2, 0) is 9.84 Å². The normalized spacial score (nSPS) is 21.7. The zero-order valence-corrected chi connectivity index (χ0v) is 11.0. The summed E-state index contributed by atoms with van der Waals surface area (Å²) in [4.78, 5) is 8.07. The first-order valence-corrected chi connectivity index (χ1v) is 7.66. The van der Waals surface area contributed by atoms with Crippen LogP contribution in [0.1, 0.15) is 13.3 Å². The Kier molecular flexibility index (Phi) is 3.55. The number of sulfone groups is 1. The fourth-order valence-electron chi connectivity index (χ4n) is 1.93. The van der Waals surface area contributed by atoms with Gasteiger partial charge in [0.15, 0.2) is 9.84 Å². The molecule has 1 aromatic heterocycles. The molecule has 1 aliphatic heterocycles. The second-order valence-corrected chi connectivity index (χ2v) is 6.50. The Hall–Kier alpha value is -1.57. The summed E-state index contributed by atoms with van der Waals surface area (Å²) >= 11 is 0. The Bertz CT molecular complexity index is 531. The fourth-order valence-corrected chi connectivity index (χ4v) is 3.60. The summed E-state index contributed by atoms with van der Waals surface area (Å²) in [5, 5.41) is 6.13. The number of rotatable bonds is 4. The molecule has 1 aromatic rings. The third-order valence-corrected chi connectivity index (χ3v) is 4.45. The molecule has 4 N–H and O–H groups in total. The molecular formula is C10H17N5O2S. The molecule has 1 fully saturated rings. The van der Waals surface area contributed by atoms with Gasteiger partial charge < -0.3 is 16.4 Å². The molecule has 1 atom stereocenters. The average Bonchev–Trinajstić information content (AvgIpc) is 2.57. The zero-order chi connectivity index (χ0) is 13.2. The predicted octanol–water partition coefficient (Wildman–Crippen LogP) is 0.0896. The number of aromatic nitrogens is 2. The van der Waals surface area contributed by atoms with E-state index in [1.807, 2.05) is 6.92 Å². The lowest BCUT2D eigenvalue weighted by Gasteiger charge is -2.13. The van der Waals surface area contributed by atoms with Crippen molar-refractivity contribution in [3.05, 3.63) is 6.07 Å². The molecule has 100 valence electrons. The smallest absolute Gasteiger partial charge is 0.223 e. The van der Waals surface area contributed by atoms with Crippen molar-refractivity contribution in [1.82, 2.24) is 9.97 Å². The monoisotopic (exact) mass is 271 g/mol. The summed E-state index contributed by atoms with van der Waals surface area (Å²) in [5.41, 5.74) is 5.60. The van der Waals surface area contributed by atoms with Crippen molar-refractivity contribution in [2.45, 2.75) is 19.4 Å². The van der Waals surface area contributed by atoms with Crippen molar-refractivity contribution in [1.29, 1.82) is 0 Å². The molecule has 1 aliphatic rings. The van der Waals surface area contributed by atoms with E-state index in [2.05, 4.69) is 20.6 Å². The molecule has 0 saturated carbocycles. The number of nitrogen functional groups attached to an aromatic ring is 1. The maximum absolute atomic E-state index is 11.4. The van der Waals surface area contributed by atoms with E-state index in [-0.39, 0.29) is 23.5 Å². The van der Waals surface area contributed by atoms with E-state index >= 15 is 0 Å². The van der Waals surface area contributed by atoms with Crippen LogP contribution in [0.5, 0.6) is 0 Å². The van der Waals surface area contributed by atoms with E-state index in [1.165, 1.54) is 0 Å². The van der Waals surface area contributed by atoms with Gasteiger partial charge >= 0.3 is 0 Å². The van der Waals surface area contributed by atoms with Crippen LogP contribution >= 0.6 is 0 Å². The lowest BCUT2D eigenvalue weighted by molar-refractivity contribution is 0.602. The Morgan fingerprint density at radius 2 is 2.17 bits per heavy atom. The second kappa shape index (κ2) is 4.97. The van der Waals surface area contributed by atoms with Crippen LogP contribution in [0.25, 0.3) is 0 Å². The summed E-state index contributed by atoms with van der Waals surface area (Å²) < 4.78 is 22.7. The number of hydrogen-bond acceptors (Lipinski definition) is 7. The third kappa shape index (κ3) is 3.22. The van der Waals surface area contributed by atoms with Gasteiger partial charge in [-0.05, 0) is 13.3 Å². The lowest BCUT2D eigenvalue weighted by Crippen LogP contribution is -2.21. The highest BCUT2D eigenvalue weighted by Crippen LogP contribution is 2.18. The first-order chi connectivity index (χ1) is 8.48. The van der Waals surface area contributed by atoms with Crippen molar-refractivity contribution < 1.29 is 8.42 Å². The molecule has 1 unspecified atom stereocenters. The van der Waals surface area contributed by atoms with Crippen molar-refractivity contribution >= 4 is 27.4 Å². The third-order valence-electron chi connectivity index (χ3n) is 2.69. The molecule has 2 heterocycles. The Morgan fingerprint density at radius 1 is 1.44 bits per heavy atom. The quantitative estimate of drug-likeness (QED) is 0.711. The zero-order valence-electron chi connectivity index (χ0n) is 10.2. The van der Waals surface area contributed by atoms with E-state index in [1.54, 1.807) is 6.07 Å². The minimum Gasteiger partial charge on any atom is -0.370 e. The molecule has 1 saturated heterocycles. The minimum atomic E-state index is -2.90. The Morgan fingerprint density at radius 3 is 2.78 bits per heavy atom. The van der Waals surface area contributed by atoms with Gasteiger partial charge in [-0.15, -0.1) is 0 Å². The van der Waals surface area contributed by atoms with Gasteiger partial charge in [0.25, 0.3) is 0 Å². The van der Waals surface area contributed by atoms with Crippen molar-refractivity contribution in [3.8, 4) is 0 Å². The first kappa shape index (κ1) is 12.9. The summed E-state index contributed by atoms with van der Waals surface area (Å²) in [6, 6.07) is 1.63. The maximum atomic E-state index is 11.4. The molecule has 7 nitrogen and oxygen atoms in total. The standard InChI is InChI=1S/C10H17N5O2S/c1-2-12-8-5-9(15-10(11)14-8)13-7-3-4-18(16,17)6-7/h5,7H,2-4,6H2,1H3,(H4,11,12,13,14,15). The number of hydrogen-bond donors (Lipinski definition) is 3. The summed E-state index contributed by atoms with van der Waals surface area (Å²) in [5.74, 6) is 1.73. The van der Waals surface area contributed by atoms with Crippen molar-refractivity contribution in [2.75, 3.05) is 34.4 Å². The second-order valence-electron chi connectivity index (χ2n) is 4.27. The topological polar surface area (TPSA) is 110 Å². The van der Waals surface area contributed by atoms with Crippen LogP contribution in [0.3, 0.4) is 0 Å². The van der Waals surface area contributed by atoms with E-state index in [9.17, 15) is 8.42 Å². The number of anilines is 3. The Labute approximate surface area is 106 Å². The van der Waals surface area contributed by atoms with Crippen molar-refractivity contribution in [2.24, 2.45) is 0 Å². The van der Waals surface area contributed by atoms with Gasteiger partial charge in [-0.1, -0.05) is 0 Å². The van der Waals surface area contributed by atoms with Crippen molar-refractivity contribution in [3.63, 3.8) is 0 Å². The van der Waals surface area contributed by atoms with Crippen LogP contribution in [-0.4, -0.2) is 42.5 Å². The Balaban J connectivity index is 2.09. The van der Waals surface area contributed by atoms with Crippen LogP contribution in [0.2, 0.25) is 0 Å².